The molecule has 7 rings (SSSR count). The van der Waals surface area contributed by atoms with E-state index in [1.165, 1.54) is 6.08 Å². The zero-order chi connectivity index (χ0) is 43.4. The molecule has 2 amide bonds. The number of esters is 3. The van der Waals surface area contributed by atoms with Crippen LogP contribution in [0.15, 0.2) is 54.6 Å². The van der Waals surface area contributed by atoms with Gasteiger partial charge < -0.3 is 39.4 Å². The molecule has 7 atom stereocenters. The van der Waals surface area contributed by atoms with Crippen LogP contribution in [0.2, 0.25) is 0 Å². The van der Waals surface area contributed by atoms with Crippen molar-refractivity contribution in [1.29, 1.82) is 0 Å². The summed E-state index contributed by atoms with van der Waals surface area (Å²) in [4.78, 5) is 73.2. The maximum Gasteiger partial charge on any atom is 0.348 e. The van der Waals surface area contributed by atoms with Gasteiger partial charge in [0, 0.05) is 49.4 Å². The van der Waals surface area contributed by atoms with Gasteiger partial charge in [0.05, 0.1) is 13.2 Å². The number of carbonyl (C=O) groups is 5. The lowest BCUT2D eigenvalue weighted by molar-refractivity contribution is -0.224. The number of benzene rings is 2. The molecule has 5 aliphatic rings. The number of hydrogen-bond acceptors (Lipinski definition) is 13. The number of nitrogens with zero attached hydrogens (tertiary/aromatic N) is 1. The van der Waals surface area contributed by atoms with Crippen molar-refractivity contribution in [3.05, 3.63) is 76.9 Å². The molecule has 5 fully saturated rings. The molecule has 61 heavy (non-hydrogen) atoms. The Hall–Kier alpha value is -4.67. The Morgan fingerprint density at radius 1 is 0.918 bits per heavy atom. The molecule has 0 spiro atoms. The zero-order valence-corrected chi connectivity index (χ0v) is 35.5. The molecule has 2 bridgehead atoms. The first kappa shape index (κ1) is 44.4. The number of amides is 2. The van der Waals surface area contributed by atoms with Crippen molar-refractivity contribution >= 4 is 35.8 Å². The van der Waals surface area contributed by atoms with Gasteiger partial charge in [0.2, 0.25) is 12.0 Å². The molecule has 15 nitrogen and oxygen atoms in total. The average molecular weight is 846 g/mol. The summed E-state index contributed by atoms with van der Waals surface area (Å²) in [6.45, 7) is 8.19. The van der Waals surface area contributed by atoms with Crippen LogP contribution in [0, 0.1) is 10.8 Å². The van der Waals surface area contributed by atoms with Crippen molar-refractivity contribution in [2.24, 2.45) is 10.8 Å². The van der Waals surface area contributed by atoms with Gasteiger partial charge in [-0.1, -0.05) is 89.8 Å². The van der Waals surface area contributed by atoms with E-state index in [0.717, 1.165) is 44.1 Å². The summed E-state index contributed by atoms with van der Waals surface area (Å²) in [5, 5.41) is 16.4. The number of hydrogen-bond donors (Lipinski definition) is 3. The summed E-state index contributed by atoms with van der Waals surface area (Å²) in [5.41, 5.74) is 0.497. The standard InChI is InChI=1S/C46H59N3O12/c1-5-7-9-20-45(21-10-8-6-2)59-35-33-25-46(43(55)48-26-31-12-11-13-32(24-31)40(52)47-22-23-50)37(41(53)57-33)49(61-38(46)36(35)60-45)27-30-16-14-29(15-17-30)18-19-34(51)58-39-42(54)56-28-44(39,3)4/h11-19,24,33,35-39,50H,5-10,20-23,25-28H2,1-4H3,(H,47,52)(H,48,55)/t33-,35+,36+,37+,38-,39+,46+/m1/s1. The van der Waals surface area contributed by atoms with Gasteiger partial charge in [-0.3, -0.25) is 19.2 Å². The van der Waals surface area contributed by atoms with E-state index in [9.17, 15) is 24.0 Å². The third kappa shape index (κ3) is 9.26. The Labute approximate surface area is 356 Å². The van der Waals surface area contributed by atoms with Crippen LogP contribution >= 0.6 is 0 Å². The summed E-state index contributed by atoms with van der Waals surface area (Å²) >= 11 is 0. The number of carbonyl (C=O) groups excluding carboxylic acids is 5. The first-order chi connectivity index (χ1) is 29.3. The van der Waals surface area contributed by atoms with Crippen molar-refractivity contribution in [3.63, 3.8) is 0 Å². The number of nitrogens with one attached hydrogen (secondary N) is 2. The van der Waals surface area contributed by atoms with E-state index in [0.29, 0.717) is 29.5 Å². The first-order valence-corrected chi connectivity index (χ1v) is 21.7. The maximum absolute atomic E-state index is 14.9. The van der Waals surface area contributed by atoms with E-state index in [4.69, 9.17) is 33.6 Å². The number of fused-ring (bicyclic) bond motifs is 4. The fraction of sp³-hybridized carbons (Fsp3) is 0.587. The highest BCUT2D eigenvalue weighted by molar-refractivity contribution is 5.95. The molecule has 330 valence electrons. The molecular formula is C46H59N3O12. The predicted molar refractivity (Wildman–Crippen MR) is 220 cm³/mol. The minimum atomic E-state index is -1.40. The fourth-order valence-electron chi connectivity index (χ4n) is 9.31. The van der Waals surface area contributed by atoms with Gasteiger partial charge in [0.15, 0.2) is 11.8 Å². The quantitative estimate of drug-likeness (QED) is 0.0767. The van der Waals surface area contributed by atoms with E-state index in [2.05, 4.69) is 24.5 Å². The van der Waals surface area contributed by atoms with E-state index in [-0.39, 0.29) is 51.1 Å². The third-order valence-electron chi connectivity index (χ3n) is 12.5. The van der Waals surface area contributed by atoms with Crippen molar-refractivity contribution in [2.75, 3.05) is 19.8 Å². The lowest BCUT2D eigenvalue weighted by Crippen LogP contribution is -2.69. The Bertz CT molecular complexity index is 1960. The lowest BCUT2D eigenvalue weighted by atomic mass is 9.62. The molecule has 2 aromatic carbocycles. The smallest absolute Gasteiger partial charge is 0.348 e. The third-order valence-corrected chi connectivity index (χ3v) is 12.5. The van der Waals surface area contributed by atoms with Crippen LogP contribution < -0.4 is 10.6 Å². The minimum absolute atomic E-state index is 0.0787. The first-order valence-electron chi connectivity index (χ1n) is 21.7. The van der Waals surface area contributed by atoms with Gasteiger partial charge in [-0.05, 0) is 47.7 Å². The summed E-state index contributed by atoms with van der Waals surface area (Å²) in [6.07, 6.45) is 6.30. The molecule has 2 aromatic rings. The van der Waals surface area contributed by atoms with Gasteiger partial charge in [0.25, 0.3) is 5.91 Å². The normalized spacial score (nSPS) is 28.3. The molecule has 4 heterocycles. The van der Waals surface area contributed by atoms with Crippen LogP contribution in [-0.4, -0.2) is 102 Å². The minimum Gasteiger partial charge on any atom is -0.462 e. The average Bonchev–Trinajstić information content (AvgIpc) is 3.89. The van der Waals surface area contributed by atoms with Crippen molar-refractivity contribution in [3.8, 4) is 0 Å². The summed E-state index contributed by atoms with van der Waals surface area (Å²) in [5.74, 6) is -3.46. The molecular weight excluding hydrogens is 787 g/mol. The monoisotopic (exact) mass is 845 g/mol. The van der Waals surface area contributed by atoms with E-state index >= 15 is 0 Å². The van der Waals surface area contributed by atoms with Gasteiger partial charge in [-0.2, -0.15) is 5.06 Å². The Morgan fingerprint density at radius 3 is 2.31 bits per heavy atom. The van der Waals surface area contributed by atoms with Crippen LogP contribution in [0.1, 0.15) is 113 Å². The molecule has 0 radical (unpaired) electrons. The van der Waals surface area contributed by atoms with Gasteiger partial charge >= 0.3 is 17.9 Å². The number of hydroxylamine groups is 2. The maximum atomic E-state index is 14.9. The van der Waals surface area contributed by atoms with E-state index < -0.39 is 71.1 Å². The molecule has 0 unspecified atom stereocenters. The van der Waals surface area contributed by atoms with E-state index in [1.54, 1.807) is 61.4 Å². The van der Waals surface area contributed by atoms with E-state index in [1.807, 2.05) is 12.1 Å². The lowest BCUT2D eigenvalue weighted by Gasteiger charge is -2.48. The Kier molecular flexibility index (Phi) is 13.6. The molecule has 1 saturated carbocycles. The fourth-order valence-corrected chi connectivity index (χ4v) is 9.31. The van der Waals surface area contributed by atoms with Gasteiger partial charge in [0.1, 0.15) is 36.4 Å². The summed E-state index contributed by atoms with van der Waals surface area (Å²) < 4.78 is 30.5. The van der Waals surface area contributed by atoms with Crippen molar-refractivity contribution < 1.29 is 57.6 Å². The predicted octanol–water partition coefficient (Wildman–Crippen LogP) is 4.67. The van der Waals surface area contributed by atoms with Gasteiger partial charge in [-0.25, -0.2) is 9.59 Å². The second-order valence-corrected chi connectivity index (χ2v) is 17.6. The molecule has 1 aliphatic carbocycles. The van der Waals surface area contributed by atoms with Gasteiger partial charge in [-0.15, -0.1) is 0 Å². The Morgan fingerprint density at radius 2 is 1.64 bits per heavy atom. The number of aliphatic hydroxyl groups excluding tert-OH is 1. The van der Waals surface area contributed by atoms with Crippen LogP contribution in [0.5, 0.6) is 0 Å². The number of ether oxygens (including phenoxy) is 5. The highest BCUT2D eigenvalue weighted by Crippen LogP contribution is 2.58. The largest absolute Gasteiger partial charge is 0.462 e. The topological polar surface area (TPSA) is 188 Å². The molecule has 4 saturated heterocycles. The van der Waals surface area contributed by atoms with Crippen LogP contribution in [0.25, 0.3) is 6.08 Å². The SMILES string of the molecule is CCCCCC1(CCCCC)O[C@@H]2[C@H](O1)[C@H]1ON(Cc3ccc(C=CC(=O)O[C@H]4C(=O)OCC4(C)C)cc3)[C@H]3C(=O)O[C@@H]2C[C@@]13C(=O)NCc1cccc(C(=O)NCCO)c1. The van der Waals surface area contributed by atoms with Crippen molar-refractivity contribution in [1.82, 2.24) is 15.7 Å². The molecule has 0 aromatic heterocycles. The zero-order valence-electron chi connectivity index (χ0n) is 35.5. The van der Waals surface area contributed by atoms with Crippen LogP contribution in [0.3, 0.4) is 0 Å². The van der Waals surface area contributed by atoms with Crippen LogP contribution in [-0.2, 0) is 60.8 Å². The van der Waals surface area contributed by atoms with Crippen LogP contribution in [0.4, 0.5) is 0 Å². The number of rotatable bonds is 19. The summed E-state index contributed by atoms with van der Waals surface area (Å²) in [6, 6.07) is 13.0. The molecule has 3 N–H and O–H groups in total. The molecule has 4 aliphatic heterocycles. The van der Waals surface area contributed by atoms with Crippen molar-refractivity contribution in [2.45, 2.75) is 141 Å². The Balaban J connectivity index is 1.13. The second-order valence-electron chi connectivity index (χ2n) is 17.6. The number of unbranched alkanes of at least 4 members (excludes halogenated alkanes) is 4. The summed E-state index contributed by atoms with van der Waals surface area (Å²) in [7, 11) is 0. The highest BCUT2D eigenvalue weighted by atomic mass is 16.8. The highest BCUT2D eigenvalue weighted by Gasteiger charge is 2.76. The number of cyclic esters (lactones) is 1. The molecule has 15 heteroatoms. The second kappa shape index (κ2) is 18.7. The number of aliphatic hydroxyl groups is 1.